The monoisotopic (exact) mass is 399 g/mol. The van der Waals surface area contributed by atoms with Gasteiger partial charge < -0.3 is 19.1 Å². The van der Waals surface area contributed by atoms with Gasteiger partial charge in [0.1, 0.15) is 23.6 Å². The Morgan fingerprint density at radius 1 is 1.31 bits per heavy atom. The molecule has 2 saturated heterocycles. The Morgan fingerprint density at radius 3 is 2.97 bits per heavy atom. The van der Waals surface area contributed by atoms with E-state index in [9.17, 15) is 9.59 Å². The molecule has 1 aromatic rings. The topological polar surface area (TPSA) is 92.1 Å². The summed E-state index contributed by atoms with van der Waals surface area (Å²) < 4.78 is 16.5. The summed E-state index contributed by atoms with van der Waals surface area (Å²) >= 11 is 0. The number of carbonyl (C=O) groups is 2. The molecule has 0 N–H and O–H groups in total. The van der Waals surface area contributed by atoms with Crippen molar-refractivity contribution in [2.45, 2.75) is 43.9 Å². The van der Waals surface area contributed by atoms with E-state index in [1.165, 1.54) is 7.11 Å². The van der Waals surface area contributed by atoms with Gasteiger partial charge in [-0.3, -0.25) is 9.69 Å². The number of esters is 1. The molecule has 2 unspecified atom stereocenters. The van der Waals surface area contributed by atoms with Crippen LogP contribution in [0.15, 0.2) is 18.2 Å². The second-order valence-corrected chi connectivity index (χ2v) is 7.74. The van der Waals surface area contributed by atoms with Crippen molar-refractivity contribution in [3.63, 3.8) is 0 Å². The predicted molar refractivity (Wildman–Crippen MR) is 102 cm³/mol. The van der Waals surface area contributed by atoms with E-state index < -0.39 is 6.10 Å². The van der Waals surface area contributed by atoms with Gasteiger partial charge in [0.05, 0.1) is 19.7 Å². The van der Waals surface area contributed by atoms with Crippen LogP contribution < -0.4 is 9.47 Å². The zero-order chi connectivity index (χ0) is 20.4. The molecule has 3 heterocycles. The smallest absolute Gasteiger partial charge is 0.347 e. The Bertz CT molecular complexity index is 836. The molecule has 1 aromatic carbocycles. The van der Waals surface area contributed by atoms with Gasteiger partial charge in [-0.15, -0.1) is 0 Å². The summed E-state index contributed by atoms with van der Waals surface area (Å²) in [6.45, 7) is 2.45. The second-order valence-electron chi connectivity index (χ2n) is 7.74. The predicted octanol–water partition coefficient (Wildman–Crippen LogP) is 1.13. The second kappa shape index (κ2) is 8.29. The van der Waals surface area contributed by atoms with Crippen molar-refractivity contribution in [1.82, 2.24) is 9.80 Å². The molecule has 4 rings (SSSR count). The van der Waals surface area contributed by atoms with E-state index in [4.69, 9.17) is 19.5 Å². The number of nitrogens with zero attached hydrogens (tertiary/aromatic N) is 3. The molecule has 0 spiro atoms. The van der Waals surface area contributed by atoms with Crippen LogP contribution in [0.1, 0.15) is 24.8 Å². The van der Waals surface area contributed by atoms with Gasteiger partial charge in [-0.2, -0.15) is 5.26 Å². The van der Waals surface area contributed by atoms with Crippen molar-refractivity contribution < 1.29 is 23.8 Å². The fourth-order valence-electron chi connectivity index (χ4n) is 4.25. The molecule has 8 heteroatoms. The fourth-order valence-corrected chi connectivity index (χ4v) is 4.25. The number of ether oxygens (including phenoxy) is 3. The number of amides is 1. The number of rotatable bonds is 5. The van der Waals surface area contributed by atoms with Gasteiger partial charge >= 0.3 is 5.97 Å². The molecule has 0 aliphatic carbocycles. The molecule has 2 fully saturated rings. The number of hydrogen-bond acceptors (Lipinski definition) is 7. The first kappa shape index (κ1) is 19.5. The van der Waals surface area contributed by atoms with Gasteiger partial charge in [-0.05, 0) is 30.9 Å². The molecular weight excluding hydrogens is 374 g/mol. The molecular formula is C21H25N3O5. The van der Waals surface area contributed by atoms with Crippen molar-refractivity contribution >= 4 is 11.9 Å². The van der Waals surface area contributed by atoms with Crippen LogP contribution in [0.2, 0.25) is 0 Å². The standard InChI is InChI=1S/C21H25N3O5/c1-27-21(26)19-9-14-4-5-16(10-18(14)29-19)28-17-6-8-23(12-17)13-20(25)24-7-2-3-15(24)11-22/h4-5,10,15,17,19H,2-3,6-9,12-13H2,1H3/t15?,17-,19?/m0/s1. The van der Waals surface area contributed by atoms with E-state index in [2.05, 4.69) is 11.0 Å². The van der Waals surface area contributed by atoms with Crippen LogP contribution in [0, 0.1) is 11.3 Å². The Morgan fingerprint density at radius 2 is 2.17 bits per heavy atom. The lowest BCUT2D eigenvalue weighted by Crippen LogP contribution is -2.42. The molecule has 0 aromatic heterocycles. The van der Waals surface area contributed by atoms with Gasteiger partial charge in [0.15, 0.2) is 6.10 Å². The van der Waals surface area contributed by atoms with Crippen LogP contribution in [0.3, 0.4) is 0 Å². The van der Waals surface area contributed by atoms with Gasteiger partial charge in [0, 0.05) is 32.1 Å². The molecule has 1 amide bonds. The minimum absolute atomic E-state index is 0.0102. The summed E-state index contributed by atoms with van der Waals surface area (Å²) in [7, 11) is 1.35. The van der Waals surface area contributed by atoms with Gasteiger partial charge in [0.2, 0.25) is 5.91 Å². The van der Waals surface area contributed by atoms with Crippen LogP contribution in [0.4, 0.5) is 0 Å². The molecule has 3 aliphatic heterocycles. The van der Waals surface area contributed by atoms with E-state index in [1.54, 1.807) is 4.90 Å². The highest BCUT2D eigenvalue weighted by molar-refractivity contribution is 5.79. The first-order chi connectivity index (χ1) is 14.1. The Kier molecular flexibility index (Phi) is 5.58. The minimum Gasteiger partial charge on any atom is -0.489 e. The SMILES string of the molecule is COC(=O)C1Cc2ccc(O[C@H]3CCN(CC(=O)N4CCCC4C#N)C3)cc2O1. The number of methoxy groups -OCH3 is 1. The summed E-state index contributed by atoms with van der Waals surface area (Å²) in [6, 6.07) is 7.55. The maximum absolute atomic E-state index is 12.5. The van der Waals surface area contributed by atoms with Crippen molar-refractivity contribution in [3.05, 3.63) is 23.8 Å². The third-order valence-electron chi connectivity index (χ3n) is 5.79. The van der Waals surface area contributed by atoms with Crippen molar-refractivity contribution in [2.75, 3.05) is 33.3 Å². The Balaban J connectivity index is 1.29. The van der Waals surface area contributed by atoms with Crippen LogP contribution in [-0.2, 0) is 20.7 Å². The lowest BCUT2D eigenvalue weighted by Gasteiger charge is -2.23. The van der Waals surface area contributed by atoms with Crippen LogP contribution >= 0.6 is 0 Å². The average Bonchev–Trinajstić information content (AvgIpc) is 3.46. The first-order valence-corrected chi connectivity index (χ1v) is 10.0. The normalized spacial score (nSPS) is 25.9. The number of likely N-dealkylation sites (tertiary alicyclic amines) is 2. The molecule has 29 heavy (non-hydrogen) atoms. The number of carbonyl (C=O) groups excluding carboxylic acids is 2. The fraction of sp³-hybridized carbons (Fsp3) is 0.571. The molecule has 0 saturated carbocycles. The highest BCUT2D eigenvalue weighted by Crippen LogP contribution is 2.33. The third-order valence-corrected chi connectivity index (χ3v) is 5.79. The number of benzene rings is 1. The molecule has 3 atom stereocenters. The summed E-state index contributed by atoms with van der Waals surface area (Å²) in [5, 5.41) is 9.17. The largest absolute Gasteiger partial charge is 0.489 e. The van der Waals surface area contributed by atoms with E-state index in [0.717, 1.165) is 31.4 Å². The number of hydrogen-bond donors (Lipinski definition) is 0. The molecule has 0 bridgehead atoms. The van der Waals surface area contributed by atoms with E-state index in [-0.39, 0.29) is 24.0 Å². The lowest BCUT2D eigenvalue weighted by molar-refractivity contribution is -0.147. The third kappa shape index (κ3) is 4.15. The van der Waals surface area contributed by atoms with E-state index in [1.807, 2.05) is 18.2 Å². The van der Waals surface area contributed by atoms with Gasteiger partial charge in [0.25, 0.3) is 0 Å². The maximum Gasteiger partial charge on any atom is 0.347 e. The lowest BCUT2D eigenvalue weighted by atomic mass is 10.1. The van der Waals surface area contributed by atoms with Gasteiger partial charge in [-0.1, -0.05) is 6.07 Å². The Hall–Kier alpha value is -2.79. The summed E-state index contributed by atoms with van der Waals surface area (Å²) in [5.41, 5.74) is 0.962. The first-order valence-electron chi connectivity index (χ1n) is 10.0. The number of nitriles is 1. The van der Waals surface area contributed by atoms with Crippen molar-refractivity contribution in [1.29, 1.82) is 5.26 Å². The maximum atomic E-state index is 12.5. The highest BCUT2D eigenvalue weighted by atomic mass is 16.6. The summed E-state index contributed by atoms with van der Waals surface area (Å²) in [4.78, 5) is 28.0. The zero-order valence-electron chi connectivity index (χ0n) is 16.5. The van der Waals surface area contributed by atoms with E-state index >= 15 is 0 Å². The molecule has 0 radical (unpaired) electrons. The van der Waals surface area contributed by atoms with Crippen LogP contribution in [-0.4, -0.2) is 73.2 Å². The number of fused-ring (bicyclic) bond motifs is 1. The molecule has 8 nitrogen and oxygen atoms in total. The average molecular weight is 399 g/mol. The summed E-state index contributed by atoms with van der Waals surface area (Å²) in [6.07, 6.45) is 2.39. The van der Waals surface area contributed by atoms with Gasteiger partial charge in [-0.25, -0.2) is 4.79 Å². The summed E-state index contributed by atoms with van der Waals surface area (Å²) in [5.74, 6) is 0.988. The molecule has 3 aliphatic rings. The van der Waals surface area contributed by atoms with Crippen molar-refractivity contribution in [3.8, 4) is 17.6 Å². The van der Waals surface area contributed by atoms with Crippen molar-refractivity contribution in [2.24, 2.45) is 0 Å². The Labute approximate surface area is 169 Å². The quantitative estimate of drug-likeness (QED) is 0.686. The van der Waals surface area contributed by atoms with Crippen LogP contribution in [0.25, 0.3) is 0 Å². The van der Waals surface area contributed by atoms with Crippen LogP contribution in [0.5, 0.6) is 11.5 Å². The van der Waals surface area contributed by atoms with E-state index in [0.29, 0.717) is 37.6 Å². The molecule has 154 valence electrons. The highest BCUT2D eigenvalue weighted by Gasteiger charge is 2.33. The zero-order valence-corrected chi connectivity index (χ0v) is 16.5. The minimum atomic E-state index is -0.596.